The molecule has 12 heteroatoms. The van der Waals surface area contributed by atoms with Crippen LogP contribution in [0, 0.1) is 0 Å². The molecule has 0 aliphatic rings. The Balaban J connectivity index is 0. The number of para-hydroxylation sites is 1. The molecule has 150 valence electrons. The molecule has 0 saturated heterocycles. The molecular weight excluding hydrogens is 414 g/mol. The van der Waals surface area contributed by atoms with Crippen LogP contribution in [-0.2, 0) is 23.4 Å². The molecule has 0 fully saturated rings. The fourth-order valence-corrected chi connectivity index (χ4v) is 2.23. The first-order valence-electron chi connectivity index (χ1n) is 6.62. The van der Waals surface area contributed by atoms with Crippen molar-refractivity contribution in [2.75, 3.05) is 21.3 Å². The summed E-state index contributed by atoms with van der Waals surface area (Å²) >= 11 is 11.3. The molecule has 2 unspecified atom stereocenters. The molecule has 1 rings (SSSR count). The molecule has 9 nitrogen and oxygen atoms in total. The van der Waals surface area contributed by atoms with Crippen LogP contribution in [0.1, 0.15) is 18.8 Å². The number of aliphatic hydroxyl groups excluding tert-OH is 1. The maximum Gasteiger partial charge on any atom is 0.513 e. The number of benzene rings is 1. The monoisotopic (exact) mass is 434 g/mol. The quantitative estimate of drug-likeness (QED) is 0.227. The molecule has 0 bridgehead atoms. The number of rotatable bonds is 6. The van der Waals surface area contributed by atoms with Gasteiger partial charge >= 0.3 is 13.8 Å². The summed E-state index contributed by atoms with van der Waals surface area (Å²) in [5.41, 5.74) is 0.183. The average molecular weight is 435 g/mol. The van der Waals surface area contributed by atoms with Crippen molar-refractivity contribution in [3.8, 4) is 5.75 Å². The fraction of sp³-hybridized carbons (Fsp3) is 0.429. The Kier molecular flexibility index (Phi) is 13.6. The molecule has 1 aromatic carbocycles. The highest BCUT2D eigenvalue weighted by Gasteiger charge is 2.44. The summed E-state index contributed by atoms with van der Waals surface area (Å²) in [6.45, 7) is 3.11. The van der Waals surface area contributed by atoms with Crippen LogP contribution >= 0.6 is 30.8 Å². The van der Waals surface area contributed by atoms with Gasteiger partial charge in [0.05, 0.1) is 12.7 Å². The van der Waals surface area contributed by atoms with Gasteiger partial charge in [0.1, 0.15) is 12.5 Å². The molecule has 1 aromatic rings. The van der Waals surface area contributed by atoms with Crippen molar-refractivity contribution in [1.82, 2.24) is 0 Å². The number of ether oxygens (including phenoxy) is 3. The first kappa shape index (κ1) is 27.0. The molecule has 0 spiro atoms. The van der Waals surface area contributed by atoms with E-state index in [1.54, 1.807) is 12.1 Å². The highest BCUT2D eigenvalue weighted by Crippen LogP contribution is 2.62. The van der Waals surface area contributed by atoms with E-state index in [1.165, 1.54) is 19.2 Å². The van der Waals surface area contributed by atoms with Gasteiger partial charge in [-0.2, -0.15) is 0 Å². The molecule has 2 atom stereocenters. The number of methoxy groups -OCH3 is 2. The summed E-state index contributed by atoms with van der Waals surface area (Å²) in [5, 5.41) is 7.00. The predicted molar refractivity (Wildman–Crippen MR) is 95.5 cm³/mol. The van der Waals surface area contributed by atoms with Gasteiger partial charge in [-0.15, -0.1) is 0 Å². The van der Waals surface area contributed by atoms with Crippen LogP contribution < -0.4 is 4.74 Å². The lowest BCUT2D eigenvalue weighted by atomic mass is 10.2. The second-order valence-electron chi connectivity index (χ2n) is 4.13. The van der Waals surface area contributed by atoms with Gasteiger partial charge in [-0.05, 0) is 13.0 Å². The molecule has 0 aliphatic carbocycles. The minimum atomic E-state index is -4.44. The third kappa shape index (κ3) is 8.46. The Morgan fingerprint density at radius 2 is 1.73 bits per heavy atom. The lowest BCUT2D eigenvalue weighted by molar-refractivity contribution is -0.0980. The van der Waals surface area contributed by atoms with Gasteiger partial charge in [0.25, 0.3) is 0 Å². The van der Waals surface area contributed by atoms with Crippen molar-refractivity contribution < 1.29 is 42.9 Å². The number of hydrogen-bond acceptors (Lipinski definition) is 8. The number of carbonyl (C=O) groups is 2. The molecule has 26 heavy (non-hydrogen) atoms. The van der Waals surface area contributed by atoms with E-state index in [0.29, 0.717) is 0 Å². The second-order valence-corrected chi connectivity index (χ2v) is 8.51. The van der Waals surface area contributed by atoms with E-state index in [9.17, 15) is 14.3 Å². The maximum atomic E-state index is 12.0. The van der Waals surface area contributed by atoms with Gasteiger partial charge < -0.3 is 29.0 Å². The topological polar surface area (TPSA) is 129 Å². The van der Waals surface area contributed by atoms with Gasteiger partial charge in [0.2, 0.25) is 4.07 Å². The number of alkyl halides is 2. The standard InChI is InChI=1S/C12H15Cl2O7P.CH4O.CH2O/c1-12(13,14)22(16,17)21-10(18-2)8-6-4-5-7-9(8)20-11(15)19-3;2*1-2/h4-7,10H,1-3H3,(H,16,17);2H,1H3;1H2. The van der Waals surface area contributed by atoms with E-state index in [0.717, 1.165) is 21.1 Å². The first-order valence-corrected chi connectivity index (χ1v) is 8.96. The first-order chi connectivity index (χ1) is 12.1. The third-order valence-electron chi connectivity index (χ3n) is 2.48. The number of aliphatic hydroxyl groups is 1. The molecule has 0 radical (unpaired) electrons. The highest BCUT2D eigenvalue weighted by molar-refractivity contribution is 7.59. The zero-order valence-corrected chi connectivity index (χ0v) is 17.0. The SMILES string of the molecule is C=O.CO.COC(=O)Oc1ccccc1C(OC)OP(=O)(O)C(C)(Cl)Cl. The summed E-state index contributed by atoms with van der Waals surface area (Å²) < 4.78 is 29.3. The molecule has 0 amide bonds. The van der Waals surface area contributed by atoms with Gasteiger partial charge in [-0.25, -0.2) is 4.79 Å². The summed E-state index contributed by atoms with van der Waals surface area (Å²) in [6, 6.07) is 6.09. The zero-order valence-electron chi connectivity index (χ0n) is 14.5. The fourth-order valence-electron chi connectivity index (χ4n) is 1.35. The van der Waals surface area contributed by atoms with Gasteiger partial charge in [0.15, 0.2) is 6.29 Å². The summed E-state index contributed by atoms with van der Waals surface area (Å²) in [6.07, 6.45) is -2.30. The summed E-state index contributed by atoms with van der Waals surface area (Å²) in [4.78, 5) is 29.0. The van der Waals surface area contributed by atoms with Crippen molar-refractivity contribution in [3.05, 3.63) is 29.8 Å². The van der Waals surface area contributed by atoms with Gasteiger partial charge in [-0.3, -0.25) is 9.09 Å². The van der Waals surface area contributed by atoms with Crippen LogP contribution in [0.25, 0.3) is 0 Å². The lowest BCUT2D eigenvalue weighted by Gasteiger charge is -2.26. The van der Waals surface area contributed by atoms with Crippen molar-refractivity contribution in [1.29, 1.82) is 0 Å². The van der Waals surface area contributed by atoms with Crippen LogP contribution in [0.4, 0.5) is 4.79 Å². The van der Waals surface area contributed by atoms with Crippen LogP contribution in [0.2, 0.25) is 0 Å². The average Bonchev–Trinajstić information content (AvgIpc) is 2.62. The molecular formula is C14H21Cl2O9P. The zero-order chi connectivity index (χ0) is 21.0. The molecule has 0 saturated carbocycles. The van der Waals surface area contributed by atoms with Crippen LogP contribution in [0.15, 0.2) is 24.3 Å². The largest absolute Gasteiger partial charge is 0.513 e. The van der Waals surface area contributed by atoms with Crippen molar-refractivity contribution in [3.63, 3.8) is 0 Å². The Bertz CT molecular complexity index is 592. The smallest absolute Gasteiger partial charge is 0.437 e. The molecule has 0 heterocycles. The number of halogens is 2. The molecule has 0 aromatic heterocycles. The van der Waals surface area contributed by atoms with Crippen LogP contribution in [-0.4, -0.2) is 48.3 Å². The lowest BCUT2D eigenvalue weighted by Crippen LogP contribution is -2.16. The molecule has 2 N–H and O–H groups in total. The maximum absolute atomic E-state index is 12.0. The molecule has 0 aliphatic heterocycles. The third-order valence-corrected chi connectivity index (χ3v) is 5.23. The Morgan fingerprint density at radius 1 is 1.23 bits per heavy atom. The van der Waals surface area contributed by atoms with E-state index in [1.807, 2.05) is 6.79 Å². The minimum Gasteiger partial charge on any atom is -0.437 e. The van der Waals surface area contributed by atoms with E-state index < -0.39 is 24.1 Å². The Hall–Kier alpha value is -1.19. The van der Waals surface area contributed by atoms with E-state index in [4.69, 9.17) is 47.1 Å². The number of carbonyl (C=O) groups excluding carboxylic acids is 2. The number of hydrogen-bond donors (Lipinski definition) is 2. The normalized spacial score (nSPS) is 13.7. The van der Waals surface area contributed by atoms with Crippen LogP contribution in [0.5, 0.6) is 5.75 Å². The summed E-state index contributed by atoms with van der Waals surface area (Å²) in [7, 11) is -1.06. The Labute approximate surface area is 161 Å². The van der Waals surface area contributed by atoms with Gasteiger partial charge in [0, 0.05) is 14.2 Å². The Morgan fingerprint density at radius 3 is 2.15 bits per heavy atom. The predicted octanol–water partition coefficient (Wildman–Crippen LogP) is 3.25. The van der Waals surface area contributed by atoms with Gasteiger partial charge in [-0.1, -0.05) is 41.4 Å². The van der Waals surface area contributed by atoms with E-state index in [2.05, 4.69) is 4.74 Å². The van der Waals surface area contributed by atoms with E-state index in [-0.39, 0.29) is 11.3 Å². The van der Waals surface area contributed by atoms with E-state index >= 15 is 0 Å². The van der Waals surface area contributed by atoms with Crippen molar-refractivity contribution in [2.45, 2.75) is 17.3 Å². The van der Waals surface area contributed by atoms with Crippen molar-refractivity contribution >= 4 is 43.7 Å². The minimum absolute atomic E-state index is 0.0343. The van der Waals surface area contributed by atoms with Crippen LogP contribution in [0.3, 0.4) is 0 Å². The van der Waals surface area contributed by atoms with Crippen molar-refractivity contribution in [2.24, 2.45) is 0 Å². The highest BCUT2D eigenvalue weighted by atomic mass is 35.5. The second kappa shape index (κ2) is 13.1. The summed E-state index contributed by atoms with van der Waals surface area (Å²) in [5.74, 6) is 0.0343.